The van der Waals surface area contributed by atoms with Gasteiger partial charge in [-0.1, -0.05) is 0 Å². The number of nitrogens with one attached hydrogen (secondary N) is 2. The molecule has 0 unspecified atom stereocenters. The van der Waals surface area contributed by atoms with E-state index in [1.54, 1.807) is 12.1 Å². The minimum absolute atomic E-state index is 0.0296. The molecule has 4 nitrogen and oxygen atoms in total. The maximum atomic E-state index is 14.4. The van der Waals surface area contributed by atoms with Crippen molar-refractivity contribution in [3.8, 4) is 11.3 Å². The molecule has 2 saturated carbocycles. The van der Waals surface area contributed by atoms with E-state index in [9.17, 15) is 23.1 Å². The van der Waals surface area contributed by atoms with Gasteiger partial charge >= 0.3 is 0 Å². The summed E-state index contributed by atoms with van der Waals surface area (Å²) in [5, 5.41) is 12.8. The SMILES string of the molecule is O=C(NC1(CCO)CC1)C1CC(Cc2c(-c3ccc(F)cc3)[nH]c3c(F)cc(F)cc23)C1. The van der Waals surface area contributed by atoms with E-state index in [1.165, 1.54) is 18.2 Å². The minimum Gasteiger partial charge on any atom is -0.396 e. The number of aromatic amines is 1. The zero-order valence-corrected chi connectivity index (χ0v) is 17.6. The average molecular weight is 442 g/mol. The number of aromatic nitrogens is 1. The van der Waals surface area contributed by atoms with Crippen LogP contribution < -0.4 is 5.32 Å². The number of amides is 1. The van der Waals surface area contributed by atoms with Crippen LogP contribution in [0.25, 0.3) is 22.2 Å². The van der Waals surface area contributed by atoms with Crippen LogP contribution in [0.1, 0.15) is 37.7 Å². The Morgan fingerprint density at radius 3 is 2.47 bits per heavy atom. The first kappa shape index (κ1) is 21.1. The number of H-pyrrole nitrogens is 1. The van der Waals surface area contributed by atoms with Crippen molar-refractivity contribution in [1.82, 2.24) is 10.3 Å². The van der Waals surface area contributed by atoms with Crippen LogP contribution >= 0.6 is 0 Å². The summed E-state index contributed by atoms with van der Waals surface area (Å²) >= 11 is 0. The van der Waals surface area contributed by atoms with E-state index in [1.807, 2.05) is 0 Å². The summed E-state index contributed by atoms with van der Waals surface area (Å²) in [6.07, 6.45) is 4.37. The molecular formula is C25H25F3N2O2. The third-order valence-electron chi connectivity index (χ3n) is 7.00. The average Bonchev–Trinajstić information content (AvgIpc) is 3.36. The standard InChI is InChI=1S/C25H25F3N2O2/c26-17-3-1-15(2-4-17)22-19(20-12-18(27)13-21(28)23(20)29-22)11-14-9-16(10-14)24(32)30-25(5-6-25)7-8-31/h1-4,12-14,16,29,31H,5-11H2,(H,30,32). The van der Waals surface area contributed by atoms with E-state index in [0.29, 0.717) is 42.3 Å². The van der Waals surface area contributed by atoms with Crippen LogP contribution in [0.4, 0.5) is 13.2 Å². The molecule has 0 atom stereocenters. The Balaban J connectivity index is 1.37. The molecule has 0 aliphatic heterocycles. The summed E-state index contributed by atoms with van der Waals surface area (Å²) in [5.74, 6) is -1.52. The molecule has 168 valence electrons. The predicted octanol–water partition coefficient (Wildman–Crippen LogP) is 4.85. The van der Waals surface area contributed by atoms with Crippen molar-refractivity contribution < 1.29 is 23.1 Å². The van der Waals surface area contributed by atoms with E-state index in [-0.39, 0.29) is 41.2 Å². The number of hydrogen-bond donors (Lipinski definition) is 3. The van der Waals surface area contributed by atoms with Gasteiger partial charge in [-0.3, -0.25) is 4.79 Å². The van der Waals surface area contributed by atoms with Crippen molar-refractivity contribution in [3.05, 3.63) is 59.4 Å². The normalized spacial score (nSPS) is 21.4. The number of aliphatic hydroxyl groups excluding tert-OH is 1. The number of aliphatic hydroxyl groups is 1. The van der Waals surface area contributed by atoms with E-state index < -0.39 is 11.6 Å². The lowest BCUT2D eigenvalue weighted by molar-refractivity contribution is -0.130. The molecule has 1 aromatic heterocycles. The molecule has 7 heteroatoms. The van der Waals surface area contributed by atoms with Gasteiger partial charge in [-0.2, -0.15) is 0 Å². The zero-order valence-electron chi connectivity index (χ0n) is 17.6. The molecule has 2 fully saturated rings. The molecule has 3 aromatic rings. The smallest absolute Gasteiger partial charge is 0.223 e. The van der Waals surface area contributed by atoms with Crippen molar-refractivity contribution in [2.45, 2.75) is 44.1 Å². The molecule has 0 bridgehead atoms. The van der Waals surface area contributed by atoms with Crippen molar-refractivity contribution in [3.63, 3.8) is 0 Å². The maximum absolute atomic E-state index is 14.4. The highest BCUT2D eigenvalue weighted by atomic mass is 19.1. The second kappa shape index (κ2) is 7.96. The molecule has 32 heavy (non-hydrogen) atoms. The fourth-order valence-corrected chi connectivity index (χ4v) is 4.92. The Hall–Kier alpha value is -2.80. The van der Waals surface area contributed by atoms with Gasteiger partial charge in [-0.05, 0) is 85.9 Å². The largest absolute Gasteiger partial charge is 0.396 e. The van der Waals surface area contributed by atoms with Gasteiger partial charge in [0.2, 0.25) is 5.91 Å². The number of rotatable bonds is 7. The van der Waals surface area contributed by atoms with Crippen LogP contribution in [0.5, 0.6) is 0 Å². The van der Waals surface area contributed by atoms with Crippen LogP contribution in [0.2, 0.25) is 0 Å². The molecular weight excluding hydrogens is 417 g/mol. The monoisotopic (exact) mass is 442 g/mol. The molecule has 1 heterocycles. The minimum atomic E-state index is -0.668. The molecule has 5 rings (SSSR count). The molecule has 2 aliphatic carbocycles. The van der Waals surface area contributed by atoms with E-state index in [4.69, 9.17) is 0 Å². The molecule has 1 amide bonds. The number of halogens is 3. The van der Waals surface area contributed by atoms with E-state index >= 15 is 0 Å². The Kier molecular flexibility index (Phi) is 5.24. The lowest BCUT2D eigenvalue weighted by Crippen LogP contribution is -2.45. The first-order valence-corrected chi connectivity index (χ1v) is 11.1. The van der Waals surface area contributed by atoms with Gasteiger partial charge in [0, 0.05) is 35.2 Å². The van der Waals surface area contributed by atoms with Gasteiger partial charge in [0.15, 0.2) is 0 Å². The van der Waals surface area contributed by atoms with Crippen molar-refractivity contribution >= 4 is 16.8 Å². The van der Waals surface area contributed by atoms with Gasteiger partial charge in [0.25, 0.3) is 0 Å². The topological polar surface area (TPSA) is 65.1 Å². The third-order valence-corrected chi connectivity index (χ3v) is 7.00. The first-order chi connectivity index (χ1) is 15.4. The Morgan fingerprint density at radius 2 is 1.81 bits per heavy atom. The van der Waals surface area contributed by atoms with Crippen molar-refractivity contribution in [2.75, 3.05) is 6.61 Å². The Morgan fingerprint density at radius 1 is 1.09 bits per heavy atom. The number of benzene rings is 2. The summed E-state index contributed by atoms with van der Waals surface area (Å²) < 4.78 is 41.9. The number of fused-ring (bicyclic) bond motifs is 1. The Labute approximate surface area is 183 Å². The molecule has 2 aliphatic rings. The van der Waals surface area contributed by atoms with Gasteiger partial charge in [0.05, 0.1) is 5.52 Å². The summed E-state index contributed by atoms with van der Waals surface area (Å²) in [5.41, 5.74) is 2.14. The summed E-state index contributed by atoms with van der Waals surface area (Å²) in [6, 6.07) is 8.08. The van der Waals surface area contributed by atoms with E-state index in [0.717, 1.165) is 24.5 Å². The van der Waals surface area contributed by atoms with Crippen LogP contribution in [0.15, 0.2) is 36.4 Å². The summed E-state index contributed by atoms with van der Waals surface area (Å²) in [7, 11) is 0. The lowest BCUT2D eigenvalue weighted by atomic mass is 9.71. The number of hydrogen-bond acceptors (Lipinski definition) is 2. The number of carbonyl (C=O) groups is 1. The zero-order chi connectivity index (χ0) is 22.5. The lowest BCUT2D eigenvalue weighted by Gasteiger charge is -2.35. The Bertz CT molecular complexity index is 1160. The predicted molar refractivity (Wildman–Crippen MR) is 115 cm³/mol. The first-order valence-electron chi connectivity index (χ1n) is 11.1. The molecule has 0 spiro atoms. The van der Waals surface area contributed by atoms with Crippen LogP contribution in [-0.2, 0) is 11.2 Å². The highest BCUT2D eigenvalue weighted by molar-refractivity contribution is 5.91. The van der Waals surface area contributed by atoms with Crippen LogP contribution in [0, 0.1) is 29.3 Å². The summed E-state index contributed by atoms with van der Waals surface area (Å²) in [6.45, 7) is 0.0629. The summed E-state index contributed by atoms with van der Waals surface area (Å²) in [4.78, 5) is 15.7. The van der Waals surface area contributed by atoms with Gasteiger partial charge in [0.1, 0.15) is 17.5 Å². The quantitative estimate of drug-likeness (QED) is 0.490. The van der Waals surface area contributed by atoms with Crippen molar-refractivity contribution in [1.29, 1.82) is 0 Å². The highest BCUT2D eigenvalue weighted by Gasteiger charge is 2.46. The second-order valence-electron chi connectivity index (χ2n) is 9.28. The van der Waals surface area contributed by atoms with Crippen LogP contribution in [0.3, 0.4) is 0 Å². The molecule has 0 radical (unpaired) electrons. The molecule has 3 N–H and O–H groups in total. The fourth-order valence-electron chi connectivity index (χ4n) is 4.92. The highest BCUT2D eigenvalue weighted by Crippen LogP contribution is 2.43. The third kappa shape index (κ3) is 3.90. The molecule has 2 aromatic carbocycles. The molecule has 0 saturated heterocycles. The second-order valence-corrected chi connectivity index (χ2v) is 9.28. The van der Waals surface area contributed by atoms with Gasteiger partial charge in [-0.15, -0.1) is 0 Å². The van der Waals surface area contributed by atoms with Gasteiger partial charge in [-0.25, -0.2) is 13.2 Å². The van der Waals surface area contributed by atoms with Gasteiger partial charge < -0.3 is 15.4 Å². The van der Waals surface area contributed by atoms with Crippen molar-refractivity contribution in [2.24, 2.45) is 11.8 Å². The maximum Gasteiger partial charge on any atom is 0.223 e. The fraction of sp³-hybridized carbons (Fsp3) is 0.400. The van der Waals surface area contributed by atoms with Crippen LogP contribution in [-0.4, -0.2) is 28.1 Å². The van der Waals surface area contributed by atoms with E-state index in [2.05, 4.69) is 10.3 Å². The number of carbonyl (C=O) groups excluding carboxylic acids is 1.